The molecule has 0 amide bonds. The first-order valence-electron chi connectivity index (χ1n) is 3.17. The molecule has 0 aliphatic heterocycles. The van der Waals surface area contributed by atoms with Crippen LogP contribution in [0.5, 0.6) is 0 Å². The van der Waals surface area contributed by atoms with E-state index in [1.54, 1.807) is 0 Å². The van der Waals surface area contributed by atoms with E-state index in [1.807, 2.05) is 0 Å². The van der Waals surface area contributed by atoms with E-state index in [-0.39, 0.29) is 26.2 Å². The number of hydrogen-bond donors (Lipinski definition) is 0. The van der Waals surface area contributed by atoms with Crippen LogP contribution in [-0.4, -0.2) is 0 Å². The molecule has 0 unspecified atom stereocenters. The van der Waals surface area contributed by atoms with E-state index in [4.69, 9.17) is 0 Å². The Hall–Kier alpha value is 0.363. The molecule has 0 aromatic heterocycles. The molecule has 0 spiro atoms. The summed E-state index contributed by atoms with van der Waals surface area (Å²) in [6.07, 6.45) is 7.85. The van der Waals surface area contributed by atoms with Gasteiger partial charge in [-0.1, -0.05) is 32.1 Å². The van der Waals surface area contributed by atoms with Gasteiger partial charge in [-0.3, -0.25) is 0 Å². The van der Waals surface area contributed by atoms with Gasteiger partial charge in [0, 0.05) is 26.2 Å². The monoisotopic (exact) mass is 198 g/mol. The van der Waals surface area contributed by atoms with Gasteiger partial charge in [-0.2, -0.15) is 0 Å². The average Bonchev–Trinajstić information content (AvgIpc) is 2.12. The molecule has 0 saturated carbocycles. The summed E-state index contributed by atoms with van der Waals surface area (Å²) in [5.41, 5.74) is 1.49. The number of allylic oxidation sites excluding steroid dienone is 4. The molecule has 0 aromatic carbocycles. The summed E-state index contributed by atoms with van der Waals surface area (Å²) >= 11 is 0. The Morgan fingerprint density at radius 2 is 2.11 bits per heavy atom. The molecule has 1 aliphatic rings. The Kier molecular flexibility index (Phi) is 4.39. The van der Waals surface area contributed by atoms with Gasteiger partial charge in [0.1, 0.15) is 0 Å². The minimum atomic E-state index is 0. The summed E-state index contributed by atoms with van der Waals surface area (Å²) in [5, 5.41) is 0. The van der Waals surface area contributed by atoms with Crippen molar-refractivity contribution in [1.29, 1.82) is 0 Å². The van der Waals surface area contributed by atoms with Crippen LogP contribution in [0.1, 0.15) is 20.3 Å². The molecule has 1 rings (SSSR count). The summed E-state index contributed by atoms with van der Waals surface area (Å²) in [4.78, 5) is 0. The number of rotatable bonds is 1. The van der Waals surface area contributed by atoms with Crippen LogP contribution in [0.2, 0.25) is 0 Å². The fraction of sp³-hybridized carbons (Fsp3) is 0.500. The van der Waals surface area contributed by atoms with Crippen molar-refractivity contribution in [3.63, 3.8) is 0 Å². The minimum Gasteiger partial charge on any atom is -0.0805 e. The zero-order chi connectivity index (χ0) is 5.98. The molecule has 1 heteroatoms. The largest absolute Gasteiger partial charge is 0.0805 e. The summed E-state index contributed by atoms with van der Waals surface area (Å²) in [6, 6.07) is 0. The summed E-state index contributed by atoms with van der Waals surface area (Å²) < 4.78 is 0. The smallest absolute Gasteiger partial charge is 0 e. The van der Waals surface area contributed by atoms with Gasteiger partial charge in [0.25, 0.3) is 0 Å². The van der Waals surface area contributed by atoms with Crippen LogP contribution < -0.4 is 0 Å². The van der Waals surface area contributed by atoms with Gasteiger partial charge in [0.15, 0.2) is 0 Å². The molecule has 1 aliphatic carbocycles. The van der Waals surface area contributed by atoms with E-state index in [0.717, 1.165) is 6.42 Å². The molecule has 0 fully saturated rings. The van der Waals surface area contributed by atoms with Crippen LogP contribution in [0.25, 0.3) is 0 Å². The van der Waals surface area contributed by atoms with Crippen molar-refractivity contribution in [1.82, 2.24) is 0 Å². The second-order valence-corrected chi connectivity index (χ2v) is 2.50. The van der Waals surface area contributed by atoms with Crippen LogP contribution in [-0.2, 0) is 26.2 Å². The third-order valence-corrected chi connectivity index (χ3v) is 1.47. The summed E-state index contributed by atoms with van der Waals surface area (Å²) in [6.45, 7) is 4.45. The fourth-order valence-electron chi connectivity index (χ4n) is 0.904. The van der Waals surface area contributed by atoms with Crippen LogP contribution in [0, 0.1) is 5.92 Å². The van der Waals surface area contributed by atoms with Crippen molar-refractivity contribution in [2.24, 2.45) is 5.92 Å². The first-order chi connectivity index (χ1) is 3.80. The van der Waals surface area contributed by atoms with Crippen LogP contribution in [0.4, 0.5) is 0 Å². The van der Waals surface area contributed by atoms with Crippen molar-refractivity contribution >= 4 is 0 Å². The topological polar surface area (TPSA) is 0 Å². The Labute approximate surface area is 76.2 Å². The Morgan fingerprint density at radius 1 is 1.44 bits per heavy atom. The van der Waals surface area contributed by atoms with Crippen LogP contribution in [0.3, 0.4) is 0 Å². The van der Waals surface area contributed by atoms with Gasteiger partial charge in [-0.25, -0.2) is 0 Å². The van der Waals surface area contributed by atoms with Gasteiger partial charge in [0.05, 0.1) is 0 Å². The Balaban J connectivity index is 0.000000640. The minimum absolute atomic E-state index is 0. The van der Waals surface area contributed by atoms with E-state index in [2.05, 4.69) is 32.1 Å². The third-order valence-electron chi connectivity index (χ3n) is 1.47. The summed E-state index contributed by atoms with van der Waals surface area (Å²) in [7, 11) is 0. The number of hydrogen-bond acceptors (Lipinski definition) is 0. The Bertz CT molecular complexity index is 132. The van der Waals surface area contributed by atoms with E-state index < -0.39 is 0 Å². The second-order valence-electron chi connectivity index (χ2n) is 2.50. The molecule has 0 N–H and O–H groups in total. The summed E-state index contributed by atoms with van der Waals surface area (Å²) in [5.74, 6) is 0.716. The predicted molar refractivity (Wildman–Crippen MR) is 36.7 cm³/mol. The van der Waals surface area contributed by atoms with Gasteiger partial charge >= 0.3 is 0 Å². The maximum absolute atomic E-state index is 2.28. The molecular formula is C8H12Zr. The normalized spacial score (nSPS) is 15.7. The predicted octanol–water partition coefficient (Wildman–Crippen LogP) is 2.53. The van der Waals surface area contributed by atoms with Crippen molar-refractivity contribution in [2.45, 2.75) is 20.3 Å². The molecule has 0 heterocycles. The molecule has 0 radical (unpaired) electrons. The molecule has 0 saturated heterocycles. The van der Waals surface area contributed by atoms with Crippen LogP contribution >= 0.6 is 0 Å². The molecule has 0 atom stereocenters. The molecule has 0 nitrogen and oxygen atoms in total. The van der Waals surface area contributed by atoms with Gasteiger partial charge < -0.3 is 0 Å². The average molecular weight is 199 g/mol. The SMILES string of the molecule is CC(C)C1=CCC=C1.[Zr]. The maximum atomic E-state index is 2.28. The molecular weight excluding hydrogens is 187 g/mol. The van der Waals surface area contributed by atoms with Crippen molar-refractivity contribution < 1.29 is 26.2 Å². The van der Waals surface area contributed by atoms with Gasteiger partial charge in [-0.15, -0.1) is 0 Å². The van der Waals surface area contributed by atoms with Crippen molar-refractivity contribution in [2.75, 3.05) is 0 Å². The fourth-order valence-corrected chi connectivity index (χ4v) is 0.904. The zero-order valence-corrected chi connectivity index (χ0v) is 8.47. The van der Waals surface area contributed by atoms with E-state index in [1.165, 1.54) is 5.57 Å². The quantitative estimate of drug-likeness (QED) is 0.609. The van der Waals surface area contributed by atoms with Crippen LogP contribution in [0.15, 0.2) is 23.8 Å². The first kappa shape index (κ1) is 9.36. The molecule has 0 aromatic rings. The van der Waals surface area contributed by atoms with Gasteiger partial charge in [0.2, 0.25) is 0 Å². The zero-order valence-electron chi connectivity index (χ0n) is 6.02. The van der Waals surface area contributed by atoms with Crippen molar-refractivity contribution in [3.05, 3.63) is 23.8 Å². The molecule has 48 valence electrons. The van der Waals surface area contributed by atoms with E-state index in [9.17, 15) is 0 Å². The second kappa shape index (κ2) is 4.22. The third kappa shape index (κ3) is 2.62. The molecule has 0 bridgehead atoms. The van der Waals surface area contributed by atoms with Crippen molar-refractivity contribution in [3.8, 4) is 0 Å². The van der Waals surface area contributed by atoms with E-state index >= 15 is 0 Å². The molecule has 9 heavy (non-hydrogen) atoms. The Morgan fingerprint density at radius 3 is 2.33 bits per heavy atom. The van der Waals surface area contributed by atoms with Gasteiger partial charge in [-0.05, 0) is 17.9 Å². The maximum Gasteiger partial charge on any atom is 0 e. The standard InChI is InChI=1S/C8H12.Zr/c1-7(2)8-5-3-4-6-8;/h3,5-7H,4H2,1-2H3;. The van der Waals surface area contributed by atoms with E-state index in [0.29, 0.717) is 5.92 Å². The first-order valence-corrected chi connectivity index (χ1v) is 3.17.